The van der Waals surface area contributed by atoms with Crippen LogP contribution < -0.4 is 5.32 Å². The third kappa shape index (κ3) is 2.93. The number of halogens is 1. The van der Waals surface area contributed by atoms with Crippen molar-refractivity contribution in [3.05, 3.63) is 17.0 Å². The lowest BCUT2D eigenvalue weighted by Crippen LogP contribution is -2.14. The van der Waals surface area contributed by atoms with Gasteiger partial charge in [-0.05, 0) is 38.0 Å². The molecule has 18 heavy (non-hydrogen) atoms. The Kier molecular flexibility index (Phi) is 3.39. The number of aliphatic hydroxyl groups is 1. The number of rotatable bonds is 4. The van der Waals surface area contributed by atoms with Gasteiger partial charge in [0.05, 0.1) is 6.10 Å². The van der Waals surface area contributed by atoms with Gasteiger partial charge in [0.15, 0.2) is 0 Å². The fourth-order valence-corrected chi connectivity index (χ4v) is 2.72. The van der Waals surface area contributed by atoms with Crippen LogP contribution in [0.3, 0.4) is 0 Å². The van der Waals surface area contributed by atoms with Gasteiger partial charge in [0, 0.05) is 18.5 Å². The van der Waals surface area contributed by atoms with Crippen molar-refractivity contribution >= 4 is 17.4 Å². The van der Waals surface area contributed by atoms with Crippen LogP contribution in [0.2, 0.25) is 5.15 Å². The van der Waals surface area contributed by atoms with E-state index in [1.165, 1.54) is 12.8 Å². The molecule has 2 saturated carbocycles. The maximum absolute atomic E-state index is 9.49. The van der Waals surface area contributed by atoms with Crippen molar-refractivity contribution in [3.63, 3.8) is 0 Å². The molecule has 4 nitrogen and oxygen atoms in total. The first kappa shape index (κ1) is 12.2. The summed E-state index contributed by atoms with van der Waals surface area (Å²) < 4.78 is 0. The van der Waals surface area contributed by atoms with Crippen molar-refractivity contribution in [2.45, 2.75) is 44.1 Å². The number of hydrogen-bond acceptors (Lipinski definition) is 4. The van der Waals surface area contributed by atoms with E-state index in [4.69, 9.17) is 11.6 Å². The highest BCUT2D eigenvalue weighted by Gasteiger charge is 2.27. The maximum atomic E-state index is 9.49. The van der Waals surface area contributed by atoms with Crippen molar-refractivity contribution in [1.82, 2.24) is 9.97 Å². The highest BCUT2D eigenvalue weighted by Crippen LogP contribution is 2.38. The first-order chi connectivity index (χ1) is 8.70. The predicted octanol–water partition coefficient (Wildman–Crippen LogP) is 2.58. The Balaban J connectivity index is 1.61. The second kappa shape index (κ2) is 5.02. The molecular weight excluding hydrogens is 250 g/mol. The predicted molar refractivity (Wildman–Crippen MR) is 70.9 cm³/mol. The topological polar surface area (TPSA) is 58.0 Å². The van der Waals surface area contributed by atoms with E-state index in [-0.39, 0.29) is 6.10 Å². The van der Waals surface area contributed by atoms with E-state index in [1.807, 2.05) is 0 Å². The Labute approximate surface area is 112 Å². The molecule has 2 N–H and O–H groups in total. The average molecular weight is 268 g/mol. The van der Waals surface area contributed by atoms with Crippen LogP contribution in [0, 0.1) is 5.92 Å². The van der Waals surface area contributed by atoms with Gasteiger partial charge in [-0.2, -0.15) is 0 Å². The first-order valence-electron chi connectivity index (χ1n) is 6.67. The average Bonchev–Trinajstić information content (AvgIpc) is 3.10. The summed E-state index contributed by atoms with van der Waals surface area (Å²) in [6.07, 6.45) is 5.13. The Morgan fingerprint density at radius 2 is 2.11 bits per heavy atom. The standard InChI is InChI=1S/C13H18ClN3O/c14-11-6-12(17-13(16-11)9-2-3-9)15-7-8-1-4-10(18)5-8/h6,8-10,18H,1-5,7H2,(H,15,16,17). The van der Waals surface area contributed by atoms with Gasteiger partial charge in [0.1, 0.15) is 16.8 Å². The molecule has 0 spiro atoms. The molecule has 0 aliphatic heterocycles. The second-order valence-electron chi connectivity index (χ2n) is 5.42. The molecule has 0 bridgehead atoms. The number of hydrogen-bond donors (Lipinski definition) is 2. The Morgan fingerprint density at radius 1 is 1.28 bits per heavy atom. The van der Waals surface area contributed by atoms with Gasteiger partial charge in [-0.3, -0.25) is 0 Å². The summed E-state index contributed by atoms with van der Waals surface area (Å²) in [6.45, 7) is 0.856. The summed E-state index contributed by atoms with van der Waals surface area (Å²) in [6, 6.07) is 1.78. The van der Waals surface area contributed by atoms with Crippen LogP contribution in [-0.2, 0) is 0 Å². The van der Waals surface area contributed by atoms with E-state index in [9.17, 15) is 5.11 Å². The first-order valence-corrected chi connectivity index (χ1v) is 7.05. The van der Waals surface area contributed by atoms with Crippen molar-refractivity contribution < 1.29 is 5.11 Å². The largest absolute Gasteiger partial charge is 0.393 e. The molecule has 0 saturated heterocycles. The smallest absolute Gasteiger partial charge is 0.135 e. The van der Waals surface area contributed by atoms with Crippen LogP contribution in [0.15, 0.2) is 6.07 Å². The molecule has 98 valence electrons. The summed E-state index contributed by atoms with van der Waals surface area (Å²) in [4.78, 5) is 8.77. The van der Waals surface area contributed by atoms with Crippen LogP contribution in [0.1, 0.15) is 43.8 Å². The van der Waals surface area contributed by atoms with Crippen LogP contribution in [0.4, 0.5) is 5.82 Å². The maximum Gasteiger partial charge on any atom is 0.135 e. The van der Waals surface area contributed by atoms with Gasteiger partial charge in [-0.1, -0.05) is 11.6 Å². The summed E-state index contributed by atoms with van der Waals surface area (Å²) in [7, 11) is 0. The minimum atomic E-state index is -0.118. The lowest BCUT2D eigenvalue weighted by atomic mass is 10.1. The normalized spacial score (nSPS) is 27.4. The van der Waals surface area contributed by atoms with E-state index in [2.05, 4.69) is 15.3 Å². The minimum Gasteiger partial charge on any atom is -0.393 e. The third-order valence-corrected chi connectivity index (χ3v) is 3.93. The molecule has 0 amide bonds. The summed E-state index contributed by atoms with van der Waals surface area (Å²) in [5.41, 5.74) is 0. The number of nitrogens with zero attached hydrogens (tertiary/aromatic N) is 2. The van der Waals surface area contributed by atoms with Crippen LogP contribution in [0.5, 0.6) is 0 Å². The van der Waals surface area contributed by atoms with Crippen molar-refractivity contribution in [2.75, 3.05) is 11.9 Å². The number of nitrogens with one attached hydrogen (secondary N) is 1. The fourth-order valence-electron chi connectivity index (χ4n) is 2.53. The van der Waals surface area contributed by atoms with Gasteiger partial charge >= 0.3 is 0 Å². The molecule has 1 aromatic heterocycles. The van der Waals surface area contributed by atoms with Gasteiger partial charge in [0.2, 0.25) is 0 Å². The zero-order valence-corrected chi connectivity index (χ0v) is 11.0. The molecule has 2 atom stereocenters. The molecule has 1 heterocycles. The molecule has 0 radical (unpaired) electrons. The van der Waals surface area contributed by atoms with E-state index < -0.39 is 0 Å². The molecule has 1 aromatic rings. The summed E-state index contributed by atoms with van der Waals surface area (Å²) >= 11 is 6.01. The lowest BCUT2D eigenvalue weighted by molar-refractivity contribution is 0.178. The van der Waals surface area contributed by atoms with E-state index in [0.29, 0.717) is 17.0 Å². The third-order valence-electron chi connectivity index (χ3n) is 3.74. The van der Waals surface area contributed by atoms with Crippen LogP contribution in [0.25, 0.3) is 0 Å². The zero-order chi connectivity index (χ0) is 12.5. The van der Waals surface area contributed by atoms with E-state index >= 15 is 0 Å². The Morgan fingerprint density at radius 3 is 2.78 bits per heavy atom. The van der Waals surface area contributed by atoms with E-state index in [1.54, 1.807) is 6.07 Å². The van der Waals surface area contributed by atoms with Gasteiger partial charge in [0.25, 0.3) is 0 Å². The molecule has 5 heteroatoms. The molecular formula is C13H18ClN3O. The number of aromatic nitrogens is 2. The molecule has 2 unspecified atom stereocenters. The Hall–Kier alpha value is -0.870. The van der Waals surface area contributed by atoms with Crippen molar-refractivity contribution in [2.24, 2.45) is 5.92 Å². The molecule has 0 aromatic carbocycles. The highest BCUT2D eigenvalue weighted by atomic mass is 35.5. The number of aliphatic hydroxyl groups excluding tert-OH is 1. The zero-order valence-electron chi connectivity index (χ0n) is 10.3. The summed E-state index contributed by atoms with van der Waals surface area (Å²) in [5.74, 6) is 2.74. The van der Waals surface area contributed by atoms with Gasteiger partial charge in [-0.25, -0.2) is 9.97 Å². The molecule has 3 rings (SSSR count). The summed E-state index contributed by atoms with van der Waals surface area (Å²) in [5, 5.41) is 13.3. The monoisotopic (exact) mass is 267 g/mol. The molecule has 2 aliphatic carbocycles. The second-order valence-corrected chi connectivity index (χ2v) is 5.81. The van der Waals surface area contributed by atoms with Gasteiger partial charge < -0.3 is 10.4 Å². The quantitative estimate of drug-likeness (QED) is 0.824. The van der Waals surface area contributed by atoms with Crippen molar-refractivity contribution in [3.8, 4) is 0 Å². The van der Waals surface area contributed by atoms with Crippen LogP contribution in [-0.4, -0.2) is 27.7 Å². The number of anilines is 1. The fraction of sp³-hybridized carbons (Fsp3) is 0.692. The van der Waals surface area contributed by atoms with E-state index in [0.717, 1.165) is 37.4 Å². The highest BCUT2D eigenvalue weighted by molar-refractivity contribution is 6.29. The molecule has 2 fully saturated rings. The van der Waals surface area contributed by atoms with Crippen LogP contribution >= 0.6 is 11.6 Å². The minimum absolute atomic E-state index is 0.118. The lowest BCUT2D eigenvalue weighted by Gasteiger charge is -2.12. The van der Waals surface area contributed by atoms with Gasteiger partial charge in [-0.15, -0.1) is 0 Å². The Bertz CT molecular complexity index is 436. The SMILES string of the molecule is OC1CCC(CNc2cc(Cl)nc(C3CC3)n2)C1. The van der Waals surface area contributed by atoms with Crippen molar-refractivity contribution in [1.29, 1.82) is 0 Å². The molecule has 2 aliphatic rings.